The second kappa shape index (κ2) is 9.98. The highest BCUT2D eigenvalue weighted by atomic mass is 35.5. The fraction of sp³-hybridized carbons (Fsp3) is 0.240. The summed E-state index contributed by atoms with van der Waals surface area (Å²) in [5, 5.41) is 17.0. The van der Waals surface area contributed by atoms with Gasteiger partial charge in [0.15, 0.2) is 11.9 Å². The van der Waals surface area contributed by atoms with Crippen molar-refractivity contribution in [2.75, 3.05) is 5.32 Å². The van der Waals surface area contributed by atoms with E-state index in [-0.39, 0.29) is 39.4 Å². The number of aryl methyl sites for hydroxylation is 1. The second-order valence-electron chi connectivity index (χ2n) is 8.43. The minimum absolute atomic E-state index is 0.0620. The molecule has 0 spiro atoms. The van der Waals surface area contributed by atoms with E-state index in [1.807, 2.05) is 31.2 Å². The number of pyridine rings is 1. The predicted molar refractivity (Wildman–Crippen MR) is 131 cm³/mol. The molecule has 0 fully saturated rings. The first-order valence-corrected chi connectivity index (χ1v) is 11.5. The van der Waals surface area contributed by atoms with Gasteiger partial charge in [0.2, 0.25) is 0 Å². The van der Waals surface area contributed by atoms with Crippen LogP contribution in [0.5, 0.6) is 0 Å². The molecule has 2 aromatic heterocycles. The molecule has 0 saturated carbocycles. The van der Waals surface area contributed by atoms with Crippen LogP contribution in [0.1, 0.15) is 51.7 Å². The first-order valence-electron chi connectivity index (χ1n) is 11.2. The number of aliphatic hydroxyl groups is 1. The number of halogens is 5. The van der Waals surface area contributed by atoms with Gasteiger partial charge in [-0.15, -0.1) is 0 Å². The fourth-order valence-electron chi connectivity index (χ4n) is 3.94. The van der Waals surface area contributed by atoms with Crippen molar-refractivity contribution in [3.05, 3.63) is 87.1 Å². The van der Waals surface area contributed by atoms with Crippen LogP contribution >= 0.6 is 11.6 Å². The van der Waals surface area contributed by atoms with Crippen LogP contribution in [0.15, 0.2) is 42.5 Å². The van der Waals surface area contributed by atoms with Crippen molar-refractivity contribution in [2.24, 2.45) is 5.73 Å². The number of anilines is 1. The average Bonchev–Trinajstić information content (AvgIpc) is 3.15. The molecule has 1 amide bonds. The molecule has 4 aromatic rings. The highest BCUT2D eigenvalue weighted by Crippen LogP contribution is 2.38. The summed E-state index contributed by atoms with van der Waals surface area (Å²) < 4.78 is 57.0. The normalized spacial score (nSPS) is 12.6. The summed E-state index contributed by atoms with van der Waals surface area (Å²) in [4.78, 5) is 15.7. The molecule has 2 aromatic carbocycles. The van der Waals surface area contributed by atoms with E-state index in [0.29, 0.717) is 0 Å². The number of carbonyl (C=O) groups excluding carboxylic acids is 1. The van der Waals surface area contributed by atoms with Gasteiger partial charge in [0, 0.05) is 17.0 Å². The van der Waals surface area contributed by atoms with Gasteiger partial charge in [0.25, 0.3) is 5.91 Å². The summed E-state index contributed by atoms with van der Waals surface area (Å²) in [6.45, 7) is 3.49. The number of benzene rings is 2. The Morgan fingerprint density at radius 2 is 1.84 bits per heavy atom. The highest BCUT2D eigenvalue weighted by molar-refractivity contribution is 6.31. The molecule has 194 valence electrons. The number of aromatic nitrogens is 3. The van der Waals surface area contributed by atoms with E-state index < -0.39 is 35.5 Å². The summed E-state index contributed by atoms with van der Waals surface area (Å²) in [5.74, 6) is -1.81. The van der Waals surface area contributed by atoms with Crippen LogP contribution in [0.25, 0.3) is 10.9 Å². The lowest BCUT2D eigenvalue weighted by Crippen LogP contribution is -2.18. The number of amides is 1. The van der Waals surface area contributed by atoms with E-state index in [0.717, 1.165) is 35.7 Å². The Morgan fingerprint density at radius 1 is 1.19 bits per heavy atom. The summed E-state index contributed by atoms with van der Waals surface area (Å²) in [7, 11) is 0. The molecule has 0 saturated heterocycles. The molecular weight excluding hydrogens is 514 g/mol. The maximum Gasteiger partial charge on any atom is 0.437 e. The van der Waals surface area contributed by atoms with E-state index in [2.05, 4.69) is 15.4 Å². The number of rotatable bonds is 7. The molecule has 0 radical (unpaired) electrons. The maximum atomic E-state index is 14.0. The molecule has 0 aliphatic rings. The summed E-state index contributed by atoms with van der Waals surface area (Å²) >= 11 is 5.88. The number of primary amides is 1. The average molecular weight is 536 g/mol. The number of hydrogen-bond donors (Lipinski definition) is 3. The number of alkyl halides is 3. The number of nitrogens with one attached hydrogen (secondary N) is 1. The maximum absolute atomic E-state index is 14.0. The number of aliphatic hydroxyl groups excluding tert-OH is 1. The molecule has 0 aliphatic heterocycles. The van der Waals surface area contributed by atoms with Crippen molar-refractivity contribution in [3.8, 4) is 0 Å². The van der Waals surface area contributed by atoms with Gasteiger partial charge in [-0.3, -0.25) is 9.48 Å². The van der Waals surface area contributed by atoms with Crippen LogP contribution in [-0.2, 0) is 19.1 Å². The van der Waals surface area contributed by atoms with Crippen LogP contribution in [-0.4, -0.2) is 25.8 Å². The summed E-state index contributed by atoms with van der Waals surface area (Å²) in [6, 6.07) is 10.6. The van der Waals surface area contributed by atoms with Crippen molar-refractivity contribution in [3.63, 3.8) is 0 Å². The van der Waals surface area contributed by atoms with Crippen LogP contribution in [0.4, 0.5) is 23.2 Å². The number of hydrogen-bond acceptors (Lipinski definition) is 5. The molecule has 2 heterocycles. The standard InChI is InChI=1S/C25H22ClF4N5O2/c1-3-13-4-6-14(7-5-13)11-35-12(2)21(22(34-35)25(28,29)30)33-24(37)16-9-20(23(31)36)32-19-10-18(27)17(26)8-15(16)19/h4-10,24,33,37H,3,11H2,1-2H3,(H2,31,36). The Balaban J connectivity index is 1.77. The van der Waals surface area contributed by atoms with Crippen LogP contribution in [0.2, 0.25) is 5.02 Å². The van der Waals surface area contributed by atoms with Gasteiger partial charge in [-0.1, -0.05) is 42.8 Å². The minimum atomic E-state index is -4.84. The molecule has 1 atom stereocenters. The zero-order valence-corrected chi connectivity index (χ0v) is 20.5. The van der Waals surface area contributed by atoms with Crippen LogP contribution in [0, 0.1) is 12.7 Å². The van der Waals surface area contributed by atoms with Gasteiger partial charge >= 0.3 is 6.18 Å². The minimum Gasteiger partial charge on any atom is -0.369 e. The molecule has 12 heteroatoms. The lowest BCUT2D eigenvalue weighted by molar-refractivity contribution is -0.140. The van der Waals surface area contributed by atoms with Crippen molar-refractivity contribution >= 4 is 34.1 Å². The van der Waals surface area contributed by atoms with Gasteiger partial charge < -0.3 is 16.2 Å². The van der Waals surface area contributed by atoms with Gasteiger partial charge in [0.05, 0.1) is 28.5 Å². The Labute approximate surface area is 213 Å². The number of fused-ring (bicyclic) bond motifs is 1. The highest BCUT2D eigenvalue weighted by Gasteiger charge is 2.39. The third-order valence-corrected chi connectivity index (χ3v) is 6.24. The smallest absolute Gasteiger partial charge is 0.369 e. The van der Waals surface area contributed by atoms with Crippen LogP contribution < -0.4 is 11.1 Å². The molecule has 0 bridgehead atoms. The number of carbonyl (C=O) groups is 1. The first kappa shape index (κ1) is 26.4. The first-order chi connectivity index (χ1) is 17.4. The number of nitrogens with two attached hydrogens (primary N) is 1. The third-order valence-electron chi connectivity index (χ3n) is 5.95. The van der Waals surface area contributed by atoms with Gasteiger partial charge in [0.1, 0.15) is 11.5 Å². The molecule has 37 heavy (non-hydrogen) atoms. The zero-order chi connectivity index (χ0) is 27.1. The molecule has 7 nitrogen and oxygen atoms in total. The molecule has 0 aliphatic carbocycles. The third kappa shape index (κ3) is 5.37. The Bertz CT molecular complexity index is 1490. The van der Waals surface area contributed by atoms with E-state index >= 15 is 0 Å². The second-order valence-corrected chi connectivity index (χ2v) is 8.83. The van der Waals surface area contributed by atoms with Gasteiger partial charge in [-0.2, -0.15) is 18.3 Å². The lowest BCUT2D eigenvalue weighted by atomic mass is 10.1. The van der Waals surface area contributed by atoms with Crippen molar-refractivity contribution in [2.45, 2.75) is 39.2 Å². The fourth-order valence-corrected chi connectivity index (χ4v) is 4.10. The molecule has 4 rings (SSSR count). The van der Waals surface area contributed by atoms with Crippen molar-refractivity contribution < 1.29 is 27.5 Å². The Morgan fingerprint density at radius 3 is 2.43 bits per heavy atom. The lowest BCUT2D eigenvalue weighted by Gasteiger charge is -2.19. The largest absolute Gasteiger partial charge is 0.437 e. The van der Waals surface area contributed by atoms with Crippen molar-refractivity contribution in [1.29, 1.82) is 0 Å². The quantitative estimate of drug-likeness (QED) is 0.218. The molecule has 4 N–H and O–H groups in total. The zero-order valence-electron chi connectivity index (χ0n) is 19.7. The number of nitrogens with zero attached hydrogens (tertiary/aromatic N) is 3. The summed E-state index contributed by atoms with van der Waals surface area (Å²) in [5.41, 5.74) is 5.12. The van der Waals surface area contributed by atoms with E-state index in [9.17, 15) is 27.5 Å². The van der Waals surface area contributed by atoms with Gasteiger partial charge in [-0.25, -0.2) is 9.37 Å². The molecule has 1 unspecified atom stereocenters. The van der Waals surface area contributed by atoms with E-state index in [1.54, 1.807) is 0 Å². The van der Waals surface area contributed by atoms with E-state index in [1.165, 1.54) is 11.6 Å². The predicted octanol–water partition coefficient (Wildman–Crippen LogP) is 5.36. The summed E-state index contributed by atoms with van der Waals surface area (Å²) in [6.07, 6.45) is -5.80. The van der Waals surface area contributed by atoms with Crippen LogP contribution in [0.3, 0.4) is 0 Å². The SMILES string of the molecule is CCc1ccc(Cn2nc(C(F)(F)F)c(NC(O)c3cc(C(N)=O)nc4cc(F)c(Cl)cc34)c2C)cc1. The Hall–Kier alpha value is -3.70. The van der Waals surface area contributed by atoms with Crippen molar-refractivity contribution in [1.82, 2.24) is 14.8 Å². The topological polar surface area (TPSA) is 106 Å². The Kier molecular flexibility index (Phi) is 7.11. The molecular formula is C25H22ClF4N5O2. The monoisotopic (exact) mass is 535 g/mol. The van der Waals surface area contributed by atoms with E-state index in [4.69, 9.17) is 17.3 Å². The van der Waals surface area contributed by atoms with Gasteiger partial charge in [-0.05, 0) is 36.6 Å².